The average molecular weight is 380 g/mol. The van der Waals surface area contributed by atoms with Gasteiger partial charge < -0.3 is 5.11 Å². The van der Waals surface area contributed by atoms with Gasteiger partial charge in [0.25, 0.3) is 0 Å². The Morgan fingerprint density at radius 3 is 1.48 bits per heavy atom. The lowest BCUT2D eigenvalue weighted by atomic mass is 9.99. The van der Waals surface area contributed by atoms with Crippen molar-refractivity contribution in [2.75, 3.05) is 5.88 Å². The summed E-state index contributed by atoms with van der Waals surface area (Å²) in [6.45, 7) is 1.53. The van der Waals surface area contributed by atoms with Crippen molar-refractivity contribution in [3.05, 3.63) is 108 Å². The van der Waals surface area contributed by atoms with Crippen molar-refractivity contribution < 1.29 is 5.11 Å². The van der Waals surface area contributed by atoms with E-state index in [1.54, 1.807) is 0 Å². The van der Waals surface area contributed by atoms with E-state index >= 15 is 0 Å². The monoisotopic (exact) mass is 379 g/mol. The van der Waals surface area contributed by atoms with Gasteiger partial charge in [0.15, 0.2) is 0 Å². The summed E-state index contributed by atoms with van der Waals surface area (Å²) >= 11 is 6.09. The fraction of sp³-hybridized carbons (Fsp3) is 0.250. The Labute approximate surface area is 167 Å². The van der Waals surface area contributed by atoms with Gasteiger partial charge in [-0.25, -0.2) is 0 Å². The normalized spacial score (nSPS) is 13.4. The van der Waals surface area contributed by atoms with Crippen LogP contribution in [0.15, 0.2) is 91.0 Å². The number of aliphatic hydroxyl groups is 1. The van der Waals surface area contributed by atoms with Crippen molar-refractivity contribution >= 4 is 11.6 Å². The van der Waals surface area contributed by atoms with Gasteiger partial charge in [-0.2, -0.15) is 0 Å². The third-order valence-electron chi connectivity index (χ3n) is 4.82. The Morgan fingerprint density at radius 2 is 1.07 bits per heavy atom. The SMILES string of the molecule is O[C@H](CCl)[C@H](Cc1ccccc1)N(Cc1ccccc1)Cc1ccccc1. The minimum atomic E-state index is -0.598. The first-order valence-corrected chi connectivity index (χ1v) is 9.89. The van der Waals surface area contributed by atoms with Crippen molar-refractivity contribution in [3.63, 3.8) is 0 Å². The summed E-state index contributed by atoms with van der Waals surface area (Å²) in [5.41, 5.74) is 3.67. The Hall–Kier alpha value is -2.13. The van der Waals surface area contributed by atoms with E-state index in [1.807, 2.05) is 30.3 Å². The zero-order valence-electron chi connectivity index (χ0n) is 15.4. The van der Waals surface area contributed by atoms with Gasteiger partial charge in [-0.1, -0.05) is 91.0 Å². The summed E-state index contributed by atoms with van der Waals surface area (Å²) in [6.07, 6.45) is 0.160. The number of nitrogens with zero attached hydrogens (tertiary/aromatic N) is 1. The first-order valence-electron chi connectivity index (χ1n) is 9.36. The summed E-state index contributed by atoms with van der Waals surface area (Å²) < 4.78 is 0. The number of halogens is 1. The lowest BCUT2D eigenvalue weighted by Gasteiger charge is -2.35. The molecule has 0 bridgehead atoms. The molecule has 0 heterocycles. The summed E-state index contributed by atoms with van der Waals surface area (Å²) in [4.78, 5) is 2.34. The van der Waals surface area contributed by atoms with Gasteiger partial charge in [0.2, 0.25) is 0 Å². The maximum absolute atomic E-state index is 10.7. The number of rotatable bonds is 9. The number of hydrogen-bond donors (Lipinski definition) is 1. The molecule has 0 unspecified atom stereocenters. The van der Waals surface area contributed by atoms with Crippen LogP contribution in [0.2, 0.25) is 0 Å². The summed E-state index contributed by atoms with van der Waals surface area (Å²) in [5, 5.41) is 10.7. The fourth-order valence-electron chi connectivity index (χ4n) is 3.39. The van der Waals surface area contributed by atoms with E-state index in [1.165, 1.54) is 16.7 Å². The molecule has 3 rings (SSSR count). The van der Waals surface area contributed by atoms with E-state index in [2.05, 4.69) is 65.6 Å². The van der Waals surface area contributed by atoms with Crippen molar-refractivity contribution in [3.8, 4) is 0 Å². The standard InChI is InChI=1S/C24H26ClNO/c25-17-24(27)23(16-20-10-4-1-5-11-20)26(18-21-12-6-2-7-13-21)19-22-14-8-3-9-15-22/h1-15,23-24,27H,16-19H2/t23-,24+/m0/s1. The lowest BCUT2D eigenvalue weighted by molar-refractivity contribution is 0.0526. The molecule has 1 N–H and O–H groups in total. The second-order valence-corrected chi connectivity index (χ2v) is 7.16. The number of alkyl halides is 1. The van der Waals surface area contributed by atoms with Crippen LogP contribution in [0.3, 0.4) is 0 Å². The van der Waals surface area contributed by atoms with Crippen LogP contribution >= 0.6 is 11.6 Å². The smallest absolute Gasteiger partial charge is 0.0833 e. The average Bonchev–Trinajstić information content (AvgIpc) is 2.73. The Kier molecular flexibility index (Phi) is 7.46. The van der Waals surface area contributed by atoms with Gasteiger partial charge in [-0.05, 0) is 23.1 Å². The molecule has 140 valence electrons. The van der Waals surface area contributed by atoms with Crippen LogP contribution in [-0.2, 0) is 19.5 Å². The highest BCUT2D eigenvalue weighted by Crippen LogP contribution is 2.20. The highest BCUT2D eigenvalue weighted by molar-refractivity contribution is 6.18. The molecule has 0 amide bonds. The molecule has 0 aliphatic carbocycles. The highest BCUT2D eigenvalue weighted by atomic mass is 35.5. The Morgan fingerprint density at radius 1 is 0.667 bits per heavy atom. The Balaban J connectivity index is 1.88. The fourth-order valence-corrected chi connectivity index (χ4v) is 3.60. The van der Waals surface area contributed by atoms with Gasteiger partial charge in [-0.3, -0.25) is 4.90 Å². The lowest BCUT2D eigenvalue weighted by Crippen LogP contribution is -2.45. The van der Waals surface area contributed by atoms with Gasteiger partial charge in [-0.15, -0.1) is 11.6 Å². The maximum Gasteiger partial charge on any atom is 0.0833 e. The van der Waals surface area contributed by atoms with E-state index in [0.29, 0.717) is 0 Å². The van der Waals surface area contributed by atoms with Crippen LogP contribution in [0.5, 0.6) is 0 Å². The molecule has 2 nitrogen and oxygen atoms in total. The predicted octanol–water partition coefficient (Wildman–Crippen LogP) is 4.90. The van der Waals surface area contributed by atoms with Crippen molar-refractivity contribution in [2.24, 2.45) is 0 Å². The first kappa shape index (κ1) is 19.6. The third kappa shape index (κ3) is 5.93. The number of aliphatic hydroxyl groups excluding tert-OH is 1. The summed E-state index contributed by atoms with van der Waals surface area (Å²) in [7, 11) is 0. The van der Waals surface area contributed by atoms with Crippen LogP contribution in [0.25, 0.3) is 0 Å². The molecular weight excluding hydrogens is 354 g/mol. The minimum absolute atomic E-state index is 0.0645. The molecule has 0 aromatic heterocycles. The van der Waals surface area contributed by atoms with E-state index < -0.39 is 6.10 Å². The first-order chi connectivity index (χ1) is 13.3. The molecule has 27 heavy (non-hydrogen) atoms. The zero-order valence-corrected chi connectivity index (χ0v) is 16.2. The molecule has 0 radical (unpaired) electrons. The van der Waals surface area contributed by atoms with Gasteiger partial charge in [0.05, 0.1) is 6.10 Å². The predicted molar refractivity (Wildman–Crippen MR) is 113 cm³/mol. The molecule has 0 saturated carbocycles. The van der Waals surface area contributed by atoms with Crippen molar-refractivity contribution in [2.45, 2.75) is 31.7 Å². The molecule has 0 fully saturated rings. The van der Waals surface area contributed by atoms with Gasteiger partial charge in [0.1, 0.15) is 0 Å². The van der Waals surface area contributed by atoms with Crippen LogP contribution in [0, 0.1) is 0 Å². The summed E-state index contributed by atoms with van der Waals surface area (Å²) in [5.74, 6) is 0.220. The Bertz CT molecular complexity index is 738. The number of hydrogen-bond acceptors (Lipinski definition) is 2. The summed E-state index contributed by atoms with van der Waals surface area (Å²) in [6, 6.07) is 31.0. The molecule has 0 spiro atoms. The minimum Gasteiger partial charge on any atom is -0.390 e. The molecule has 3 aromatic rings. The van der Waals surface area contributed by atoms with Crippen molar-refractivity contribution in [1.82, 2.24) is 4.90 Å². The van der Waals surface area contributed by atoms with Crippen LogP contribution < -0.4 is 0 Å². The second-order valence-electron chi connectivity index (χ2n) is 6.85. The topological polar surface area (TPSA) is 23.5 Å². The van der Waals surface area contributed by atoms with Crippen LogP contribution in [0.4, 0.5) is 0 Å². The molecule has 0 aliphatic heterocycles. The molecule has 3 aromatic carbocycles. The molecule has 3 heteroatoms. The molecular formula is C24H26ClNO. The van der Waals surface area contributed by atoms with Gasteiger partial charge >= 0.3 is 0 Å². The maximum atomic E-state index is 10.7. The molecule has 0 saturated heterocycles. The molecule has 2 atom stereocenters. The zero-order chi connectivity index (χ0) is 18.9. The second kappa shape index (κ2) is 10.3. The van der Waals surface area contributed by atoms with Crippen LogP contribution in [0.1, 0.15) is 16.7 Å². The van der Waals surface area contributed by atoms with Gasteiger partial charge in [0, 0.05) is 25.0 Å². The third-order valence-corrected chi connectivity index (χ3v) is 5.13. The number of benzene rings is 3. The highest BCUT2D eigenvalue weighted by Gasteiger charge is 2.26. The van der Waals surface area contributed by atoms with E-state index in [4.69, 9.17) is 11.6 Å². The quantitative estimate of drug-likeness (QED) is 0.534. The van der Waals surface area contributed by atoms with E-state index in [-0.39, 0.29) is 11.9 Å². The van der Waals surface area contributed by atoms with Crippen LogP contribution in [-0.4, -0.2) is 28.0 Å². The van der Waals surface area contributed by atoms with Crippen molar-refractivity contribution in [1.29, 1.82) is 0 Å². The van der Waals surface area contributed by atoms with E-state index in [0.717, 1.165) is 19.5 Å². The van der Waals surface area contributed by atoms with E-state index in [9.17, 15) is 5.11 Å². The largest absolute Gasteiger partial charge is 0.390 e. The molecule has 0 aliphatic rings.